The zero-order valence-corrected chi connectivity index (χ0v) is 18.7. The summed E-state index contributed by atoms with van der Waals surface area (Å²) in [7, 11) is -4.64. The summed E-state index contributed by atoms with van der Waals surface area (Å²) in [5.41, 5.74) is 0.862. The van der Waals surface area contributed by atoms with Gasteiger partial charge in [-0.15, -0.1) is 0 Å². The van der Waals surface area contributed by atoms with Gasteiger partial charge in [-0.05, 0) is 54.4 Å². The third-order valence-electron chi connectivity index (χ3n) is 4.63. The molecular formula is C22H23NO6S2. The molecule has 0 aromatic heterocycles. The molecule has 1 N–H and O–H groups in total. The lowest BCUT2D eigenvalue weighted by atomic mass is 10.1. The number of nitrogens with one attached hydrogen (secondary N) is 1. The van der Waals surface area contributed by atoms with Crippen LogP contribution in [0.15, 0.2) is 87.5 Å². The quantitative estimate of drug-likeness (QED) is 0.526. The van der Waals surface area contributed by atoms with E-state index in [1.54, 1.807) is 30.3 Å². The fraction of sp³-hybridized carbons (Fsp3) is 0.182. The molecule has 0 amide bonds. The Balaban J connectivity index is 1.75. The number of rotatable bonds is 9. The van der Waals surface area contributed by atoms with Crippen LogP contribution in [0, 0.1) is 0 Å². The van der Waals surface area contributed by atoms with Gasteiger partial charge in [0.25, 0.3) is 0 Å². The summed E-state index contributed by atoms with van der Waals surface area (Å²) < 4.78 is 64.0. The molecule has 0 aliphatic rings. The monoisotopic (exact) mass is 461 g/mol. The molecule has 164 valence electrons. The SMILES string of the molecule is COc1ccc(CCNS(=O)(=O)c2cccc(S(=O)(=O)c3ccccc3)c2)cc1OC. The maximum Gasteiger partial charge on any atom is 0.240 e. The molecule has 3 aromatic rings. The Kier molecular flexibility index (Phi) is 6.99. The standard InChI is InChI=1S/C22H23NO6S2/c1-28-21-12-11-17(15-22(21)29-2)13-14-23-31(26,27)20-10-6-9-19(16-20)30(24,25)18-7-4-3-5-8-18/h3-12,15-16,23H,13-14H2,1-2H3. The van der Waals surface area contributed by atoms with Crippen LogP contribution in [-0.2, 0) is 26.3 Å². The van der Waals surface area contributed by atoms with Gasteiger partial charge in [-0.25, -0.2) is 21.6 Å². The molecule has 0 unspecified atom stereocenters. The van der Waals surface area contributed by atoms with Crippen LogP contribution in [0.2, 0.25) is 0 Å². The molecule has 0 bridgehead atoms. The second kappa shape index (κ2) is 9.51. The Bertz CT molecular complexity index is 1260. The molecule has 3 rings (SSSR count). The summed E-state index contributed by atoms with van der Waals surface area (Å²) in [4.78, 5) is -0.0933. The molecule has 0 radical (unpaired) electrons. The summed E-state index contributed by atoms with van der Waals surface area (Å²) in [5.74, 6) is 1.14. The van der Waals surface area contributed by atoms with Crippen LogP contribution >= 0.6 is 0 Å². The van der Waals surface area contributed by atoms with Crippen molar-refractivity contribution in [2.75, 3.05) is 20.8 Å². The Labute approximate surface area is 182 Å². The number of methoxy groups -OCH3 is 2. The van der Waals surface area contributed by atoms with E-state index in [9.17, 15) is 16.8 Å². The predicted octanol–water partition coefficient (Wildman–Crippen LogP) is 3.06. The van der Waals surface area contributed by atoms with E-state index in [0.29, 0.717) is 17.9 Å². The maximum atomic E-state index is 12.8. The molecule has 0 aliphatic carbocycles. The van der Waals surface area contributed by atoms with Gasteiger partial charge in [0.15, 0.2) is 11.5 Å². The van der Waals surface area contributed by atoms with Gasteiger partial charge in [-0.1, -0.05) is 30.3 Å². The fourth-order valence-corrected chi connectivity index (χ4v) is 5.47. The van der Waals surface area contributed by atoms with Crippen molar-refractivity contribution in [3.63, 3.8) is 0 Å². The topological polar surface area (TPSA) is 98.8 Å². The summed E-state index contributed by atoms with van der Waals surface area (Å²) in [6.45, 7) is 0.132. The molecule has 3 aromatic carbocycles. The van der Waals surface area contributed by atoms with Crippen LogP contribution < -0.4 is 14.2 Å². The molecule has 0 saturated heterocycles. The highest BCUT2D eigenvalue weighted by atomic mass is 32.2. The number of hydrogen-bond donors (Lipinski definition) is 1. The van der Waals surface area contributed by atoms with E-state index < -0.39 is 19.9 Å². The van der Waals surface area contributed by atoms with Gasteiger partial charge < -0.3 is 9.47 Å². The van der Waals surface area contributed by atoms with E-state index in [1.807, 2.05) is 6.07 Å². The lowest BCUT2D eigenvalue weighted by Gasteiger charge is -2.11. The highest BCUT2D eigenvalue weighted by Crippen LogP contribution is 2.28. The molecule has 0 saturated carbocycles. The van der Waals surface area contributed by atoms with Gasteiger partial charge in [0.2, 0.25) is 19.9 Å². The molecule has 0 spiro atoms. The van der Waals surface area contributed by atoms with Crippen LogP contribution in [0.3, 0.4) is 0 Å². The van der Waals surface area contributed by atoms with Crippen LogP contribution in [-0.4, -0.2) is 37.6 Å². The van der Waals surface area contributed by atoms with E-state index in [1.165, 1.54) is 50.6 Å². The summed E-state index contributed by atoms with van der Waals surface area (Å²) in [6.07, 6.45) is 0.418. The minimum atomic E-state index is -3.89. The number of ether oxygens (including phenoxy) is 2. The average molecular weight is 462 g/mol. The van der Waals surface area contributed by atoms with Crippen molar-refractivity contribution in [2.24, 2.45) is 0 Å². The number of benzene rings is 3. The molecule has 0 fully saturated rings. The molecule has 9 heteroatoms. The first-order valence-electron chi connectivity index (χ1n) is 9.39. The zero-order chi connectivity index (χ0) is 22.5. The molecular weight excluding hydrogens is 438 g/mol. The summed E-state index contributed by atoms with van der Waals surface area (Å²) in [6, 6.07) is 18.6. The Morgan fingerprint density at radius 1 is 0.710 bits per heavy atom. The number of hydrogen-bond acceptors (Lipinski definition) is 6. The summed E-state index contributed by atoms with van der Waals surface area (Å²) in [5, 5.41) is 0. The lowest BCUT2D eigenvalue weighted by Crippen LogP contribution is -2.26. The van der Waals surface area contributed by atoms with E-state index in [0.717, 1.165) is 5.56 Å². The molecule has 0 heterocycles. The number of sulfone groups is 1. The first-order valence-corrected chi connectivity index (χ1v) is 12.4. The van der Waals surface area contributed by atoms with Crippen LogP contribution in [0.4, 0.5) is 0 Å². The van der Waals surface area contributed by atoms with Crippen molar-refractivity contribution in [3.05, 3.63) is 78.4 Å². The van der Waals surface area contributed by atoms with Crippen molar-refractivity contribution in [1.82, 2.24) is 4.72 Å². The van der Waals surface area contributed by atoms with Gasteiger partial charge in [-0.2, -0.15) is 0 Å². The molecule has 7 nitrogen and oxygen atoms in total. The van der Waals surface area contributed by atoms with Gasteiger partial charge >= 0.3 is 0 Å². The normalized spacial score (nSPS) is 11.8. The third-order valence-corrected chi connectivity index (χ3v) is 7.86. The predicted molar refractivity (Wildman–Crippen MR) is 117 cm³/mol. The van der Waals surface area contributed by atoms with Crippen LogP contribution in [0.1, 0.15) is 5.56 Å². The fourth-order valence-electron chi connectivity index (χ4n) is 2.99. The molecule has 0 aliphatic heterocycles. The van der Waals surface area contributed by atoms with E-state index in [2.05, 4.69) is 4.72 Å². The Morgan fingerprint density at radius 3 is 2.03 bits per heavy atom. The second-order valence-electron chi connectivity index (χ2n) is 6.63. The van der Waals surface area contributed by atoms with Gasteiger partial charge in [0, 0.05) is 6.54 Å². The van der Waals surface area contributed by atoms with Crippen LogP contribution in [0.25, 0.3) is 0 Å². The smallest absolute Gasteiger partial charge is 0.240 e. The van der Waals surface area contributed by atoms with Gasteiger partial charge in [0.05, 0.1) is 28.9 Å². The van der Waals surface area contributed by atoms with Gasteiger partial charge in [0.1, 0.15) is 0 Å². The Morgan fingerprint density at radius 2 is 1.35 bits per heavy atom. The zero-order valence-electron chi connectivity index (χ0n) is 17.1. The number of sulfonamides is 1. The van der Waals surface area contributed by atoms with Crippen molar-refractivity contribution < 1.29 is 26.3 Å². The lowest BCUT2D eigenvalue weighted by molar-refractivity contribution is 0.354. The van der Waals surface area contributed by atoms with E-state index >= 15 is 0 Å². The largest absolute Gasteiger partial charge is 0.493 e. The third kappa shape index (κ3) is 5.25. The van der Waals surface area contributed by atoms with Crippen molar-refractivity contribution in [3.8, 4) is 11.5 Å². The van der Waals surface area contributed by atoms with E-state index in [-0.39, 0.29) is 21.2 Å². The van der Waals surface area contributed by atoms with Crippen molar-refractivity contribution >= 4 is 19.9 Å². The maximum absolute atomic E-state index is 12.8. The van der Waals surface area contributed by atoms with Gasteiger partial charge in [-0.3, -0.25) is 0 Å². The first kappa shape index (κ1) is 22.8. The minimum absolute atomic E-state index is 0.0820. The second-order valence-corrected chi connectivity index (χ2v) is 10.3. The molecule has 0 atom stereocenters. The van der Waals surface area contributed by atoms with Crippen molar-refractivity contribution in [2.45, 2.75) is 21.1 Å². The van der Waals surface area contributed by atoms with Crippen LogP contribution in [0.5, 0.6) is 11.5 Å². The average Bonchev–Trinajstić information content (AvgIpc) is 2.79. The molecule has 31 heavy (non-hydrogen) atoms. The minimum Gasteiger partial charge on any atom is -0.493 e. The Hall–Kier alpha value is -2.88. The first-order chi connectivity index (χ1) is 14.8. The highest BCUT2D eigenvalue weighted by molar-refractivity contribution is 7.91. The van der Waals surface area contributed by atoms with Crippen molar-refractivity contribution in [1.29, 1.82) is 0 Å². The summed E-state index contributed by atoms with van der Waals surface area (Å²) >= 11 is 0. The van der Waals surface area contributed by atoms with E-state index in [4.69, 9.17) is 9.47 Å². The highest BCUT2D eigenvalue weighted by Gasteiger charge is 2.21.